The Morgan fingerprint density at radius 2 is 1.84 bits per heavy atom. The third-order valence-electron chi connectivity index (χ3n) is 3.08. The fraction of sp³-hybridized carbons (Fsp3) is 0.857. The first kappa shape index (κ1) is 17.9. The van der Waals surface area contributed by atoms with E-state index in [2.05, 4.69) is 31.4 Å². The maximum atomic E-state index is 11.6. The molecule has 0 aromatic carbocycles. The topological polar surface area (TPSA) is 78.4 Å². The predicted molar refractivity (Wildman–Crippen MR) is 76.0 cm³/mol. The van der Waals surface area contributed by atoms with E-state index in [1.54, 1.807) is 0 Å². The molecule has 1 amide bonds. The number of rotatable bonds is 10. The van der Waals surface area contributed by atoms with E-state index in [-0.39, 0.29) is 24.8 Å². The zero-order valence-electron chi connectivity index (χ0n) is 12.5. The average molecular weight is 272 g/mol. The maximum Gasteiger partial charge on any atom is 0.303 e. The van der Waals surface area contributed by atoms with Crippen LogP contribution in [0.2, 0.25) is 0 Å². The van der Waals surface area contributed by atoms with Gasteiger partial charge >= 0.3 is 5.97 Å². The number of carboxylic acids is 1. The van der Waals surface area contributed by atoms with Crippen LogP contribution in [0.1, 0.15) is 47.0 Å². The summed E-state index contributed by atoms with van der Waals surface area (Å²) in [5.41, 5.74) is 0. The van der Waals surface area contributed by atoms with Gasteiger partial charge < -0.3 is 15.7 Å². The van der Waals surface area contributed by atoms with Crippen molar-refractivity contribution in [3.8, 4) is 0 Å². The first-order valence-electron chi connectivity index (χ1n) is 7.07. The summed E-state index contributed by atoms with van der Waals surface area (Å²) < 4.78 is 0. The summed E-state index contributed by atoms with van der Waals surface area (Å²) in [6.07, 6.45) is 1.89. The number of hydrogen-bond acceptors (Lipinski definition) is 3. The fourth-order valence-corrected chi connectivity index (χ4v) is 1.88. The first-order chi connectivity index (χ1) is 8.85. The number of carbonyl (C=O) groups excluding carboxylic acids is 1. The predicted octanol–water partition coefficient (Wildman–Crippen LogP) is 1.63. The number of nitrogens with one attached hydrogen (secondary N) is 2. The monoisotopic (exact) mass is 272 g/mol. The lowest BCUT2D eigenvalue weighted by Crippen LogP contribution is -2.40. The molecule has 0 rings (SSSR count). The molecule has 0 aromatic heterocycles. The van der Waals surface area contributed by atoms with Crippen LogP contribution in [0.15, 0.2) is 0 Å². The van der Waals surface area contributed by atoms with Crippen molar-refractivity contribution in [2.24, 2.45) is 11.8 Å². The third-order valence-corrected chi connectivity index (χ3v) is 3.08. The molecule has 0 fully saturated rings. The second kappa shape index (κ2) is 9.78. The van der Waals surface area contributed by atoms with Gasteiger partial charge in [0.25, 0.3) is 0 Å². The lowest BCUT2D eigenvalue weighted by atomic mass is 9.94. The second-order valence-corrected chi connectivity index (χ2v) is 5.59. The molecule has 112 valence electrons. The average Bonchev–Trinajstić information content (AvgIpc) is 2.31. The van der Waals surface area contributed by atoms with Crippen molar-refractivity contribution in [2.45, 2.75) is 53.0 Å². The van der Waals surface area contributed by atoms with Crippen molar-refractivity contribution in [3.63, 3.8) is 0 Å². The fourth-order valence-electron chi connectivity index (χ4n) is 1.88. The molecule has 5 heteroatoms. The minimum atomic E-state index is -0.808. The second-order valence-electron chi connectivity index (χ2n) is 5.59. The minimum Gasteiger partial charge on any atom is -0.481 e. The van der Waals surface area contributed by atoms with Gasteiger partial charge in [0, 0.05) is 19.0 Å². The third kappa shape index (κ3) is 10.5. The zero-order valence-corrected chi connectivity index (χ0v) is 12.5. The molecule has 0 aliphatic carbocycles. The van der Waals surface area contributed by atoms with E-state index in [4.69, 9.17) is 5.11 Å². The highest BCUT2D eigenvalue weighted by atomic mass is 16.4. The molecular weight excluding hydrogens is 244 g/mol. The number of aliphatic carboxylic acids is 1. The molecule has 0 aliphatic rings. The van der Waals surface area contributed by atoms with Gasteiger partial charge in [-0.15, -0.1) is 0 Å². The lowest BCUT2D eigenvalue weighted by molar-refractivity contribution is -0.138. The van der Waals surface area contributed by atoms with Crippen molar-refractivity contribution in [2.75, 3.05) is 13.1 Å². The number of amides is 1. The van der Waals surface area contributed by atoms with Crippen molar-refractivity contribution >= 4 is 11.9 Å². The Morgan fingerprint density at radius 1 is 1.21 bits per heavy atom. The first-order valence-corrected chi connectivity index (χ1v) is 7.07. The molecule has 0 radical (unpaired) electrons. The zero-order chi connectivity index (χ0) is 14.8. The molecule has 0 aromatic rings. The molecule has 0 spiro atoms. The molecule has 0 saturated heterocycles. The van der Waals surface area contributed by atoms with Gasteiger partial charge in [-0.2, -0.15) is 0 Å². The standard InChI is InChI=1S/C14H28N2O3/c1-5-11(4)15-9-13(17)16-8-12(6-10(2)3)7-14(18)19/h10-12,15H,5-9H2,1-4H3,(H,16,17)(H,18,19)/t11?,12-/m0/s1. The minimum absolute atomic E-state index is 0.00467. The largest absolute Gasteiger partial charge is 0.481 e. The molecule has 1 unspecified atom stereocenters. The smallest absolute Gasteiger partial charge is 0.303 e. The highest BCUT2D eigenvalue weighted by molar-refractivity contribution is 5.78. The van der Waals surface area contributed by atoms with Crippen LogP contribution >= 0.6 is 0 Å². The summed E-state index contributed by atoms with van der Waals surface area (Å²) in [6.45, 7) is 8.92. The van der Waals surface area contributed by atoms with Crippen LogP contribution in [0.3, 0.4) is 0 Å². The Labute approximate surface area is 116 Å². The van der Waals surface area contributed by atoms with Crippen molar-refractivity contribution in [1.82, 2.24) is 10.6 Å². The number of carboxylic acid groups (broad SMARTS) is 1. The van der Waals surface area contributed by atoms with E-state index >= 15 is 0 Å². The van der Waals surface area contributed by atoms with Crippen LogP contribution in [0.5, 0.6) is 0 Å². The van der Waals surface area contributed by atoms with Crippen LogP contribution in [0.4, 0.5) is 0 Å². The van der Waals surface area contributed by atoms with E-state index in [0.29, 0.717) is 18.5 Å². The molecular formula is C14H28N2O3. The van der Waals surface area contributed by atoms with Gasteiger partial charge in [-0.1, -0.05) is 20.8 Å². The molecule has 19 heavy (non-hydrogen) atoms. The quantitative estimate of drug-likeness (QED) is 0.565. The van der Waals surface area contributed by atoms with E-state index in [9.17, 15) is 9.59 Å². The highest BCUT2D eigenvalue weighted by Crippen LogP contribution is 2.14. The van der Waals surface area contributed by atoms with Gasteiger partial charge in [-0.05, 0) is 31.6 Å². The Balaban J connectivity index is 4.01. The van der Waals surface area contributed by atoms with E-state index in [1.165, 1.54) is 0 Å². The van der Waals surface area contributed by atoms with E-state index in [1.807, 2.05) is 6.92 Å². The van der Waals surface area contributed by atoms with Crippen LogP contribution in [0, 0.1) is 11.8 Å². The van der Waals surface area contributed by atoms with Gasteiger partial charge in [-0.25, -0.2) is 0 Å². The summed E-state index contributed by atoms with van der Waals surface area (Å²) in [7, 11) is 0. The Hall–Kier alpha value is -1.10. The van der Waals surface area contributed by atoms with E-state index < -0.39 is 5.97 Å². The molecule has 5 nitrogen and oxygen atoms in total. The number of carbonyl (C=O) groups is 2. The van der Waals surface area contributed by atoms with E-state index in [0.717, 1.165) is 12.8 Å². The SMILES string of the molecule is CCC(C)NCC(=O)NC[C@H](CC(=O)O)CC(C)C. The van der Waals surface area contributed by atoms with Crippen molar-refractivity contribution in [1.29, 1.82) is 0 Å². The van der Waals surface area contributed by atoms with Gasteiger partial charge in [0.05, 0.1) is 6.54 Å². The summed E-state index contributed by atoms with van der Waals surface area (Å²) in [4.78, 5) is 22.4. The normalized spacial score (nSPS) is 14.2. The Morgan fingerprint density at radius 3 is 2.32 bits per heavy atom. The van der Waals surface area contributed by atoms with Crippen molar-refractivity contribution < 1.29 is 14.7 Å². The number of hydrogen-bond donors (Lipinski definition) is 3. The van der Waals surface area contributed by atoms with Crippen LogP contribution in [-0.2, 0) is 9.59 Å². The molecule has 0 heterocycles. The van der Waals surface area contributed by atoms with Gasteiger partial charge in [0.2, 0.25) is 5.91 Å². The van der Waals surface area contributed by atoms with Crippen LogP contribution < -0.4 is 10.6 Å². The molecule has 2 atom stereocenters. The summed E-state index contributed by atoms with van der Waals surface area (Å²) in [5, 5.41) is 14.8. The molecule has 3 N–H and O–H groups in total. The van der Waals surface area contributed by atoms with Crippen molar-refractivity contribution in [3.05, 3.63) is 0 Å². The Bertz CT molecular complexity index is 280. The molecule has 0 saturated carbocycles. The molecule has 0 bridgehead atoms. The van der Waals surface area contributed by atoms with Crippen LogP contribution in [-0.4, -0.2) is 36.1 Å². The summed E-state index contributed by atoms with van der Waals surface area (Å²) >= 11 is 0. The maximum absolute atomic E-state index is 11.6. The van der Waals surface area contributed by atoms with Crippen LogP contribution in [0.25, 0.3) is 0 Å². The van der Waals surface area contributed by atoms with Gasteiger partial charge in [-0.3, -0.25) is 9.59 Å². The lowest BCUT2D eigenvalue weighted by Gasteiger charge is -2.18. The summed E-state index contributed by atoms with van der Waals surface area (Å²) in [5.74, 6) is -0.443. The molecule has 0 aliphatic heterocycles. The Kier molecular flexibility index (Phi) is 9.21. The van der Waals surface area contributed by atoms with Gasteiger partial charge in [0.15, 0.2) is 0 Å². The van der Waals surface area contributed by atoms with Gasteiger partial charge in [0.1, 0.15) is 0 Å². The summed E-state index contributed by atoms with van der Waals surface area (Å²) in [6, 6.07) is 0.316. The highest BCUT2D eigenvalue weighted by Gasteiger charge is 2.16.